The normalized spacial score (nSPS) is 20.4. The van der Waals surface area contributed by atoms with Crippen molar-refractivity contribution in [3.8, 4) is 0 Å². The second kappa shape index (κ2) is 9.26. The third-order valence-electron chi connectivity index (χ3n) is 4.40. The van der Waals surface area contributed by atoms with Gasteiger partial charge >= 0.3 is 0 Å². The lowest BCUT2D eigenvalue weighted by molar-refractivity contribution is -0.122. The highest BCUT2D eigenvalue weighted by molar-refractivity contribution is 5.85. The Morgan fingerprint density at radius 1 is 1.10 bits per heavy atom. The van der Waals surface area contributed by atoms with Crippen LogP contribution in [0.25, 0.3) is 0 Å². The largest absolute Gasteiger partial charge is 0.370 e. The Morgan fingerprint density at radius 3 is 2.33 bits per heavy atom. The van der Waals surface area contributed by atoms with Gasteiger partial charge in [0, 0.05) is 12.5 Å². The average molecular weight is 318 g/mol. The van der Waals surface area contributed by atoms with E-state index in [9.17, 15) is 9.59 Å². The summed E-state index contributed by atoms with van der Waals surface area (Å²) in [7, 11) is 0. The van der Waals surface area contributed by atoms with Crippen molar-refractivity contribution >= 4 is 24.2 Å². The van der Waals surface area contributed by atoms with Crippen LogP contribution in [0.5, 0.6) is 0 Å². The topological polar surface area (TPSA) is 84.2 Å². The number of carbonyl (C=O) groups is 2. The Balaban J connectivity index is 0.00000220. The summed E-state index contributed by atoms with van der Waals surface area (Å²) in [6, 6.07) is -0.0805. The van der Waals surface area contributed by atoms with Crippen molar-refractivity contribution in [1.82, 2.24) is 10.6 Å². The number of amides is 2. The minimum Gasteiger partial charge on any atom is -0.370 e. The lowest BCUT2D eigenvalue weighted by Crippen LogP contribution is -2.46. The van der Waals surface area contributed by atoms with Crippen molar-refractivity contribution in [2.75, 3.05) is 13.1 Å². The molecule has 122 valence electrons. The van der Waals surface area contributed by atoms with Crippen LogP contribution >= 0.6 is 12.4 Å². The Labute approximate surface area is 133 Å². The Hall–Kier alpha value is -0.810. The molecule has 0 spiro atoms. The van der Waals surface area contributed by atoms with E-state index in [1.807, 2.05) is 0 Å². The van der Waals surface area contributed by atoms with Gasteiger partial charge in [-0.15, -0.1) is 12.4 Å². The van der Waals surface area contributed by atoms with Gasteiger partial charge in [0.05, 0.1) is 6.54 Å². The first-order valence-electron chi connectivity index (χ1n) is 7.93. The van der Waals surface area contributed by atoms with Crippen LogP contribution < -0.4 is 16.4 Å². The monoisotopic (exact) mass is 317 g/mol. The minimum absolute atomic E-state index is 0. The van der Waals surface area contributed by atoms with E-state index < -0.39 is 0 Å². The molecule has 2 amide bonds. The first-order chi connectivity index (χ1) is 9.65. The molecule has 21 heavy (non-hydrogen) atoms. The van der Waals surface area contributed by atoms with E-state index in [0.29, 0.717) is 12.5 Å². The smallest absolute Gasteiger partial charge is 0.234 e. The second-order valence-corrected chi connectivity index (χ2v) is 6.32. The number of rotatable bonds is 8. The summed E-state index contributed by atoms with van der Waals surface area (Å²) in [6.45, 7) is 1.27. The maximum Gasteiger partial charge on any atom is 0.234 e. The van der Waals surface area contributed by atoms with Crippen molar-refractivity contribution in [2.24, 2.45) is 17.6 Å². The number of nitrogens with one attached hydrogen (secondary N) is 2. The number of nitrogens with two attached hydrogens (primary N) is 1. The van der Waals surface area contributed by atoms with Gasteiger partial charge in [0.15, 0.2) is 0 Å². The Kier molecular flexibility index (Phi) is 8.04. The molecule has 4 N–H and O–H groups in total. The molecule has 2 rings (SSSR count). The lowest BCUT2D eigenvalue weighted by Gasteiger charge is -2.30. The number of primary amides is 1. The highest BCUT2D eigenvalue weighted by atomic mass is 35.5. The molecule has 2 fully saturated rings. The maximum absolute atomic E-state index is 12.0. The third kappa shape index (κ3) is 7.14. The van der Waals surface area contributed by atoms with Gasteiger partial charge in [-0.2, -0.15) is 0 Å². The SMILES string of the molecule is Cl.NC(=O)CC(NC(=O)CNCC1CC1)C1CCCCC1. The summed E-state index contributed by atoms with van der Waals surface area (Å²) in [4.78, 5) is 23.2. The van der Waals surface area contributed by atoms with Crippen molar-refractivity contribution in [2.45, 2.75) is 57.4 Å². The van der Waals surface area contributed by atoms with Crippen LogP contribution in [-0.2, 0) is 9.59 Å². The molecule has 2 aliphatic rings. The highest BCUT2D eigenvalue weighted by Crippen LogP contribution is 2.28. The van der Waals surface area contributed by atoms with Gasteiger partial charge in [0.1, 0.15) is 0 Å². The number of hydrogen-bond donors (Lipinski definition) is 3. The minimum atomic E-state index is -0.327. The summed E-state index contributed by atoms with van der Waals surface area (Å²) in [5.41, 5.74) is 5.32. The van der Waals surface area contributed by atoms with Crippen LogP contribution in [0.15, 0.2) is 0 Å². The van der Waals surface area contributed by atoms with E-state index in [1.165, 1.54) is 32.1 Å². The second-order valence-electron chi connectivity index (χ2n) is 6.32. The third-order valence-corrected chi connectivity index (χ3v) is 4.40. The Bertz CT molecular complexity index is 342. The van der Waals surface area contributed by atoms with Gasteiger partial charge in [-0.05, 0) is 44.1 Å². The molecular weight excluding hydrogens is 290 g/mol. The number of hydrogen-bond acceptors (Lipinski definition) is 3. The number of halogens is 1. The molecule has 0 saturated heterocycles. The molecule has 1 atom stereocenters. The molecular formula is C15H28ClN3O2. The molecule has 2 saturated carbocycles. The van der Waals surface area contributed by atoms with Crippen LogP contribution in [-0.4, -0.2) is 30.9 Å². The molecule has 1 unspecified atom stereocenters. The first kappa shape index (κ1) is 18.2. The molecule has 5 nitrogen and oxygen atoms in total. The van der Waals surface area contributed by atoms with Gasteiger partial charge in [-0.25, -0.2) is 0 Å². The summed E-state index contributed by atoms with van der Waals surface area (Å²) >= 11 is 0. The number of carbonyl (C=O) groups excluding carboxylic acids is 2. The van der Waals surface area contributed by atoms with Crippen molar-refractivity contribution in [1.29, 1.82) is 0 Å². The molecule has 6 heteroatoms. The fourth-order valence-electron chi connectivity index (χ4n) is 3.06. The van der Waals surface area contributed by atoms with Crippen molar-refractivity contribution in [3.63, 3.8) is 0 Å². The molecule has 0 aromatic heterocycles. The van der Waals surface area contributed by atoms with E-state index in [4.69, 9.17) is 5.73 Å². The molecule has 0 bridgehead atoms. The van der Waals surface area contributed by atoms with Gasteiger partial charge < -0.3 is 16.4 Å². The molecule has 0 aliphatic heterocycles. The molecule has 0 aromatic carbocycles. The lowest BCUT2D eigenvalue weighted by atomic mass is 9.82. The predicted molar refractivity (Wildman–Crippen MR) is 85.2 cm³/mol. The summed E-state index contributed by atoms with van der Waals surface area (Å²) in [6.07, 6.45) is 8.64. The quantitative estimate of drug-likeness (QED) is 0.632. The zero-order chi connectivity index (χ0) is 14.4. The van der Waals surface area contributed by atoms with Crippen LogP contribution in [0.2, 0.25) is 0 Å². The van der Waals surface area contributed by atoms with E-state index >= 15 is 0 Å². The van der Waals surface area contributed by atoms with Crippen molar-refractivity contribution in [3.05, 3.63) is 0 Å². The Morgan fingerprint density at radius 2 is 1.76 bits per heavy atom. The predicted octanol–water partition coefficient (Wildman–Crippen LogP) is 1.35. The van der Waals surface area contributed by atoms with Crippen LogP contribution in [0.4, 0.5) is 0 Å². The van der Waals surface area contributed by atoms with Gasteiger partial charge in [0.2, 0.25) is 11.8 Å². The zero-order valence-electron chi connectivity index (χ0n) is 12.6. The van der Waals surface area contributed by atoms with E-state index in [2.05, 4.69) is 10.6 Å². The molecule has 2 aliphatic carbocycles. The average Bonchev–Trinajstić information content (AvgIpc) is 3.23. The van der Waals surface area contributed by atoms with Crippen molar-refractivity contribution < 1.29 is 9.59 Å². The first-order valence-corrected chi connectivity index (χ1v) is 7.93. The van der Waals surface area contributed by atoms with Crippen LogP contribution in [0.3, 0.4) is 0 Å². The highest BCUT2D eigenvalue weighted by Gasteiger charge is 2.26. The summed E-state index contributed by atoms with van der Waals surface area (Å²) in [5, 5.41) is 6.19. The molecule has 0 radical (unpaired) electrons. The fourth-order valence-corrected chi connectivity index (χ4v) is 3.06. The van der Waals surface area contributed by atoms with Gasteiger partial charge in [-0.3, -0.25) is 9.59 Å². The van der Waals surface area contributed by atoms with E-state index in [-0.39, 0.29) is 36.7 Å². The van der Waals surface area contributed by atoms with Gasteiger partial charge in [-0.1, -0.05) is 19.3 Å². The van der Waals surface area contributed by atoms with Gasteiger partial charge in [0.25, 0.3) is 0 Å². The standard InChI is InChI=1S/C15H27N3O2.ClH/c16-14(19)8-13(12-4-2-1-3-5-12)18-15(20)10-17-9-11-6-7-11;/h11-13,17H,1-10H2,(H2,16,19)(H,18,20);1H. The van der Waals surface area contributed by atoms with Crippen LogP contribution in [0, 0.1) is 11.8 Å². The maximum atomic E-state index is 12.0. The summed E-state index contributed by atoms with van der Waals surface area (Å²) in [5.74, 6) is 0.834. The van der Waals surface area contributed by atoms with E-state index in [0.717, 1.165) is 25.3 Å². The molecule has 0 aromatic rings. The summed E-state index contributed by atoms with van der Waals surface area (Å²) < 4.78 is 0. The van der Waals surface area contributed by atoms with E-state index in [1.54, 1.807) is 0 Å². The van der Waals surface area contributed by atoms with Crippen LogP contribution in [0.1, 0.15) is 51.4 Å². The molecule has 0 heterocycles. The zero-order valence-corrected chi connectivity index (χ0v) is 13.4. The fraction of sp³-hybridized carbons (Fsp3) is 0.867.